The Bertz CT molecular complexity index is 364. The van der Waals surface area contributed by atoms with Gasteiger partial charge in [0.2, 0.25) is 5.91 Å². The van der Waals surface area contributed by atoms with Crippen molar-refractivity contribution in [2.24, 2.45) is 11.3 Å². The second kappa shape index (κ2) is 6.55. The van der Waals surface area contributed by atoms with E-state index >= 15 is 0 Å². The molecule has 1 unspecified atom stereocenters. The molecule has 3 nitrogen and oxygen atoms in total. The van der Waals surface area contributed by atoms with Gasteiger partial charge >= 0.3 is 6.18 Å². The number of carbonyl (C=O) groups excluding carboxylic acids is 1. The Kier molecular flexibility index (Phi) is 5.17. The molecule has 0 aromatic heterocycles. The van der Waals surface area contributed by atoms with E-state index < -0.39 is 17.5 Å². The van der Waals surface area contributed by atoms with Crippen molar-refractivity contribution in [2.75, 3.05) is 26.8 Å². The summed E-state index contributed by atoms with van der Waals surface area (Å²) in [6, 6.07) is 0. The van der Waals surface area contributed by atoms with Gasteiger partial charge in [0.15, 0.2) is 0 Å². The Hall–Kier alpha value is -0.780. The van der Waals surface area contributed by atoms with Crippen LogP contribution in [0.5, 0.6) is 0 Å². The number of alkyl halides is 3. The van der Waals surface area contributed by atoms with Gasteiger partial charge in [-0.05, 0) is 32.1 Å². The van der Waals surface area contributed by atoms with E-state index in [1.54, 1.807) is 7.11 Å². The molecule has 21 heavy (non-hydrogen) atoms. The SMILES string of the molecule is COCCC1(C(=O)N2CCCC(C(F)(F)F)C2)CCCC1. The van der Waals surface area contributed by atoms with Gasteiger partial charge in [0.05, 0.1) is 11.3 Å². The number of hydrogen-bond donors (Lipinski definition) is 0. The second-order valence-electron chi connectivity index (χ2n) is 6.36. The summed E-state index contributed by atoms with van der Waals surface area (Å²) in [7, 11) is 1.59. The first-order valence-corrected chi connectivity index (χ1v) is 7.74. The molecule has 0 aromatic carbocycles. The highest BCUT2D eigenvalue weighted by atomic mass is 19.4. The number of ether oxygens (including phenoxy) is 1. The molecule has 1 aliphatic carbocycles. The number of rotatable bonds is 4. The highest BCUT2D eigenvalue weighted by molar-refractivity contribution is 5.83. The first kappa shape index (κ1) is 16.6. The van der Waals surface area contributed by atoms with E-state index in [9.17, 15) is 18.0 Å². The lowest BCUT2D eigenvalue weighted by molar-refractivity contribution is -0.190. The summed E-state index contributed by atoms with van der Waals surface area (Å²) in [4.78, 5) is 14.3. The van der Waals surface area contributed by atoms with Gasteiger partial charge in [0.1, 0.15) is 0 Å². The van der Waals surface area contributed by atoms with E-state index in [-0.39, 0.29) is 18.9 Å². The van der Waals surface area contributed by atoms with E-state index in [4.69, 9.17) is 4.74 Å². The minimum atomic E-state index is -4.20. The zero-order valence-corrected chi connectivity index (χ0v) is 12.5. The molecule has 122 valence electrons. The quantitative estimate of drug-likeness (QED) is 0.797. The van der Waals surface area contributed by atoms with Gasteiger partial charge in [0.25, 0.3) is 0 Å². The zero-order valence-electron chi connectivity index (χ0n) is 12.5. The molecule has 2 fully saturated rings. The average Bonchev–Trinajstić information content (AvgIpc) is 2.93. The highest BCUT2D eigenvalue weighted by Gasteiger charge is 2.47. The second-order valence-corrected chi connectivity index (χ2v) is 6.36. The molecule has 1 saturated carbocycles. The number of nitrogens with zero attached hydrogens (tertiary/aromatic N) is 1. The van der Waals surface area contributed by atoms with E-state index in [1.165, 1.54) is 4.90 Å². The molecule has 0 N–H and O–H groups in total. The Morgan fingerprint density at radius 1 is 1.29 bits per heavy atom. The summed E-state index contributed by atoms with van der Waals surface area (Å²) in [6.07, 6.45) is 0.515. The van der Waals surface area contributed by atoms with Crippen molar-refractivity contribution >= 4 is 5.91 Å². The van der Waals surface area contributed by atoms with Gasteiger partial charge in [-0.25, -0.2) is 0 Å². The van der Waals surface area contributed by atoms with Gasteiger partial charge < -0.3 is 9.64 Å². The minimum absolute atomic E-state index is 0.0778. The molecular weight excluding hydrogens is 283 g/mol. The fourth-order valence-corrected chi connectivity index (χ4v) is 3.68. The number of piperidine rings is 1. The van der Waals surface area contributed by atoms with E-state index in [2.05, 4.69) is 0 Å². The molecule has 0 radical (unpaired) electrons. The summed E-state index contributed by atoms with van der Waals surface area (Å²) in [5.41, 5.74) is -0.483. The van der Waals surface area contributed by atoms with E-state index in [1.807, 2.05) is 0 Å². The molecule has 1 saturated heterocycles. The topological polar surface area (TPSA) is 29.5 Å². The van der Waals surface area contributed by atoms with Crippen molar-refractivity contribution in [3.63, 3.8) is 0 Å². The van der Waals surface area contributed by atoms with Crippen LogP contribution in [0.15, 0.2) is 0 Å². The number of amides is 1. The van der Waals surface area contributed by atoms with Gasteiger partial charge in [-0.3, -0.25) is 4.79 Å². The fourth-order valence-electron chi connectivity index (χ4n) is 3.68. The lowest BCUT2D eigenvalue weighted by Crippen LogP contribution is -2.50. The van der Waals surface area contributed by atoms with Crippen molar-refractivity contribution in [1.82, 2.24) is 4.90 Å². The van der Waals surface area contributed by atoms with Gasteiger partial charge in [0, 0.05) is 26.8 Å². The van der Waals surface area contributed by atoms with Crippen LogP contribution in [0.2, 0.25) is 0 Å². The van der Waals surface area contributed by atoms with Crippen LogP contribution in [0.4, 0.5) is 13.2 Å². The van der Waals surface area contributed by atoms with Crippen molar-refractivity contribution < 1.29 is 22.7 Å². The monoisotopic (exact) mass is 307 g/mol. The lowest BCUT2D eigenvalue weighted by atomic mass is 9.80. The normalized spacial score (nSPS) is 26.1. The largest absolute Gasteiger partial charge is 0.393 e. The molecule has 0 bridgehead atoms. The first-order chi connectivity index (χ1) is 9.89. The van der Waals surface area contributed by atoms with Crippen LogP contribution >= 0.6 is 0 Å². The number of halogens is 3. The Labute approximate surface area is 123 Å². The van der Waals surface area contributed by atoms with Crippen molar-refractivity contribution in [2.45, 2.75) is 51.1 Å². The summed E-state index contributed by atoms with van der Waals surface area (Å²) in [6.45, 7) is 0.777. The van der Waals surface area contributed by atoms with Gasteiger partial charge in [-0.15, -0.1) is 0 Å². The van der Waals surface area contributed by atoms with Crippen LogP contribution in [0.3, 0.4) is 0 Å². The molecule has 1 aliphatic heterocycles. The number of likely N-dealkylation sites (tertiary alicyclic amines) is 1. The summed E-state index contributed by atoms with van der Waals surface area (Å²) >= 11 is 0. The van der Waals surface area contributed by atoms with E-state index in [0.29, 0.717) is 26.0 Å². The maximum atomic E-state index is 12.9. The predicted molar refractivity (Wildman–Crippen MR) is 72.8 cm³/mol. The molecule has 0 aromatic rings. The maximum Gasteiger partial charge on any atom is 0.393 e. The molecule has 1 atom stereocenters. The van der Waals surface area contributed by atoms with Crippen LogP contribution in [0.25, 0.3) is 0 Å². The average molecular weight is 307 g/mol. The summed E-state index contributed by atoms with van der Waals surface area (Å²) < 4.78 is 43.8. The first-order valence-electron chi connectivity index (χ1n) is 7.74. The van der Waals surface area contributed by atoms with Crippen LogP contribution < -0.4 is 0 Å². The molecule has 2 aliphatic rings. The van der Waals surface area contributed by atoms with Crippen LogP contribution in [0, 0.1) is 11.3 Å². The zero-order chi connectivity index (χ0) is 15.5. The highest BCUT2D eigenvalue weighted by Crippen LogP contribution is 2.44. The third-order valence-electron chi connectivity index (χ3n) is 4.97. The van der Waals surface area contributed by atoms with Crippen molar-refractivity contribution in [3.05, 3.63) is 0 Å². The lowest BCUT2D eigenvalue weighted by Gasteiger charge is -2.39. The van der Waals surface area contributed by atoms with Crippen molar-refractivity contribution in [3.8, 4) is 0 Å². The van der Waals surface area contributed by atoms with E-state index in [0.717, 1.165) is 25.7 Å². The Morgan fingerprint density at radius 2 is 1.95 bits per heavy atom. The molecule has 1 heterocycles. The number of hydrogen-bond acceptors (Lipinski definition) is 2. The van der Waals surface area contributed by atoms with Crippen LogP contribution in [-0.4, -0.2) is 43.8 Å². The molecule has 1 amide bonds. The smallest absolute Gasteiger partial charge is 0.385 e. The fraction of sp³-hybridized carbons (Fsp3) is 0.933. The van der Waals surface area contributed by atoms with Gasteiger partial charge in [-0.2, -0.15) is 13.2 Å². The standard InChI is InChI=1S/C15H24F3NO2/c1-21-10-8-14(6-2-3-7-14)13(20)19-9-4-5-12(11-19)15(16,17)18/h12H,2-11H2,1H3. The summed E-state index contributed by atoms with van der Waals surface area (Å²) in [5, 5.41) is 0. The third kappa shape index (κ3) is 3.71. The molecule has 0 spiro atoms. The maximum absolute atomic E-state index is 12.9. The Morgan fingerprint density at radius 3 is 2.52 bits per heavy atom. The molecule has 2 rings (SSSR count). The molecule has 6 heteroatoms. The number of carbonyl (C=O) groups is 1. The van der Waals surface area contributed by atoms with Crippen LogP contribution in [-0.2, 0) is 9.53 Å². The minimum Gasteiger partial charge on any atom is -0.385 e. The van der Waals surface area contributed by atoms with Crippen LogP contribution in [0.1, 0.15) is 44.9 Å². The number of methoxy groups -OCH3 is 1. The summed E-state index contributed by atoms with van der Waals surface area (Å²) in [5.74, 6) is -1.44. The molecular formula is C15H24F3NO2. The van der Waals surface area contributed by atoms with Crippen molar-refractivity contribution in [1.29, 1.82) is 0 Å². The Balaban J connectivity index is 2.06. The van der Waals surface area contributed by atoms with Gasteiger partial charge in [-0.1, -0.05) is 12.8 Å². The predicted octanol–water partition coefficient (Wildman–Crippen LogP) is 3.38. The third-order valence-corrected chi connectivity index (χ3v) is 4.97.